The predicted octanol–water partition coefficient (Wildman–Crippen LogP) is 1.98. The zero-order valence-corrected chi connectivity index (χ0v) is 12.5. The second kappa shape index (κ2) is 7.58. The van der Waals surface area contributed by atoms with Gasteiger partial charge in [-0.1, -0.05) is 6.92 Å². The third-order valence-corrected chi connectivity index (χ3v) is 4.50. The monoisotopic (exact) mass is 271 g/mol. The SMILES string of the molecule is CCNC(C1CCOCC1)C1(OCC)CCOCC1. The summed E-state index contributed by atoms with van der Waals surface area (Å²) >= 11 is 0. The van der Waals surface area contributed by atoms with Gasteiger partial charge < -0.3 is 19.5 Å². The van der Waals surface area contributed by atoms with Gasteiger partial charge in [-0.15, -0.1) is 0 Å². The third-order valence-electron chi connectivity index (χ3n) is 4.50. The van der Waals surface area contributed by atoms with E-state index in [1.54, 1.807) is 0 Å². The molecule has 0 bridgehead atoms. The fourth-order valence-electron chi connectivity index (χ4n) is 3.60. The summed E-state index contributed by atoms with van der Waals surface area (Å²) in [6, 6.07) is 0.435. The summed E-state index contributed by atoms with van der Waals surface area (Å²) in [7, 11) is 0. The van der Waals surface area contributed by atoms with E-state index in [2.05, 4.69) is 19.2 Å². The number of ether oxygens (including phenoxy) is 3. The Morgan fingerprint density at radius 1 is 1.11 bits per heavy atom. The fraction of sp³-hybridized carbons (Fsp3) is 1.00. The molecule has 4 nitrogen and oxygen atoms in total. The van der Waals surface area contributed by atoms with Gasteiger partial charge in [-0.2, -0.15) is 0 Å². The molecule has 1 unspecified atom stereocenters. The Labute approximate surface area is 117 Å². The Morgan fingerprint density at radius 2 is 1.74 bits per heavy atom. The van der Waals surface area contributed by atoms with E-state index in [0.29, 0.717) is 12.0 Å². The highest BCUT2D eigenvalue weighted by atomic mass is 16.5. The zero-order chi connectivity index (χ0) is 13.6. The predicted molar refractivity (Wildman–Crippen MR) is 75.4 cm³/mol. The second-order valence-corrected chi connectivity index (χ2v) is 5.60. The van der Waals surface area contributed by atoms with Gasteiger partial charge in [0.15, 0.2) is 0 Å². The summed E-state index contributed by atoms with van der Waals surface area (Å²) in [6.07, 6.45) is 4.31. The molecule has 2 rings (SSSR count). The molecule has 4 heteroatoms. The van der Waals surface area contributed by atoms with Crippen LogP contribution in [0.4, 0.5) is 0 Å². The van der Waals surface area contributed by atoms with Crippen LogP contribution in [0.25, 0.3) is 0 Å². The molecule has 2 fully saturated rings. The fourth-order valence-corrected chi connectivity index (χ4v) is 3.60. The maximum Gasteiger partial charge on any atom is 0.0881 e. The van der Waals surface area contributed by atoms with E-state index in [0.717, 1.165) is 65.3 Å². The van der Waals surface area contributed by atoms with Crippen LogP contribution in [0, 0.1) is 5.92 Å². The molecular formula is C15H29NO3. The minimum atomic E-state index is -0.0367. The topological polar surface area (TPSA) is 39.7 Å². The standard InChI is InChI=1S/C15H29NO3/c1-3-16-14(13-5-9-17-10-6-13)15(19-4-2)7-11-18-12-8-15/h13-14,16H,3-12H2,1-2H3. The van der Waals surface area contributed by atoms with Crippen molar-refractivity contribution < 1.29 is 14.2 Å². The Balaban J connectivity index is 2.12. The molecule has 2 saturated heterocycles. The van der Waals surface area contributed by atoms with Crippen LogP contribution in [-0.2, 0) is 14.2 Å². The minimum Gasteiger partial charge on any atom is -0.381 e. The quantitative estimate of drug-likeness (QED) is 0.802. The second-order valence-electron chi connectivity index (χ2n) is 5.60. The molecule has 2 aliphatic rings. The molecule has 1 atom stereocenters. The van der Waals surface area contributed by atoms with Crippen LogP contribution in [0.15, 0.2) is 0 Å². The molecule has 0 spiro atoms. The first-order chi connectivity index (χ1) is 9.32. The Hall–Kier alpha value is -0.160. The van der Waals surface area contributed by atoms with Gasteiger partial charge in [0.2, 0.25) is 0 Å². The Kier molecular flexibility index (Phi) is 6.07. The highest BCUT2D eigenvalue weighted by molar-refractivity contribution is 4.99. The lowest BCUT2D eigenvalue weighted by Crippen LogP contribution is -2.59. The maximum absolute atomic E-state index is 6.26. The molecule has 1 N–H and O–H groups in total. The van der Waals surface area contributed by atoms with E-state index < -0.39 is 0 Å². The average Bonchev–Trinajstić information content (AvgIpc) is 2.47. The van der Waals surface area contributed by atoms with E-state index in [1.807, 2.05) is 0 Å². The van der Waals surface area contributed by atoms with Crippen molar-refractivity contribution in [2.45, 2.75) is 51.2 Å². The van der Waals surface area contributed by atoms with Crippen molar-refractivity contribution in [1.29, 1.82) is 0 Å². The number of rotatable bonds is 6. The van der Waals surface area contributed by atoms with Gasteiger partial charge in [0.1, 0.15) is 0 Å². The van der Waals surface area contributed by atoms with Crippen molar-refractivity contribution in [3.05, 3.63) is 0 Å². The van der Waals surface area contributed by atoms with E-state index in [1.165, 1.54) is 0 Å². The zero-order valence-electron chi connectivity index (χ0n) is 12.5. The lowest BCUT2D eigenvalue weighted by molar-refractivity contribution is -0.142. The van der Waals surface area contributed by atoms with Gasteiger partial charge in [0.25, 0.3) is 0 Å². The minimum absolute atomic E-state index is 0.0367. The molecule has 0 saturated carbocycles. The molecular weight excluding hydrogens is 242 g/mol. The molecule has 0 aromatic rings. The van der Waals surface area contributed by atoms with E-state index in [4.69, 9.17) is 14.2 Å². The van der Waals surface area contributed by atoms with Crippen LogP contribution in [0.1, 0.15) is 39.5 Å². The number of hydrogen-bond donors (Lipinski definition) is 1. The van der Waals surface area contributed by atoms with Crippen molar-refractivity contribution in [1.82, 2.24) is 5.32 Å². The van der Waals surface area contributed by atoms with Crippen LogP contribution >= 0.6 is 0 Å². The Bertz CT molecular complexity index is 242. The van der Waals surface area contributed by atoms with Crippen molar-refractivity contribution in [3.8, 4) is 0 Å². The molecule has 0 aromatic heterocycles. The van der Waals surface area contributed by atoms with E-state index in [-0.39, 0.29) is 5.60 Å². The molecule has 112 valence electrons. The van der Waals surface area contributed by atoms with Crippen LogP contribution in [0.5, 0.6) is 0 Å². The van der Waals surface area contributed by atoms with Gasteiger partial charge >= 0.3 is 0 Å². The first-order valence-electron chi connectivity index (χ1n) is 7.85. The Morgan fingerprint density at radius 3 is 2.32 bits per heavy atom. The van der Waals surface area contributed by atoms with Crippen LogP contribution in [0.2, 0.25) is 0 Å². The first-order valence-corrected chi connectivity index (χ1v) is 7.85. The van der Waals surface area contributed by atoms with Crippen molar-refractivity contribution in [3.63, 3.8) is 0 Å². The number of likely N-dealkylation sites (N-methyl/N-ethyl adjacent to an activating group) is 1. The van der Waals surface area contributed by atoms with E-state index in [9.17, 15) is 0 Å². The highest BCUT2D eigenvalue weighted by Gasteiger charge is 2.44. The van der Waals surface area contributed by atoms with Gasteiger partial charge in [0.05, 0.1) is 5.60 Å². The largest absolute Gasteiger partial charge is 0.381 e. The molecule has 2 aliphatic heterocycles. The van der Waals surface area contributed by atoms with Crippen LogP contribution in [0.3, 0.4) is 0 Å². The summed E-state index contributed by atoms with van der Waals surface area (Å²) in [6.45, 7) is 9.51. The van der Waals surface area contributed by atoms with Crippen LogP contribution in [-0.4, -0.2) is 51.2 Å². The summed E-state index contributed by atoms with van der Waals surface area (Å²) in [5.74, 6) is 0.665. The molecule has 2 heterocycles. The van der Waals surface area contributed by atoms with Crippen molar-refractivity contribution in [2.24, 2.45) is 5.92 Å². The van der Waals surface area contributed by atoms with Gasteiger partial charge in [0, 0.05) is 51.9 Å². The third kappa shape index (κ3) is 3.69. The van der Waals surface area contributed by atoms with E-state index >= 15 is 0 Å². The lowest BCUT2D eigenvalue weighted by Gasteiger charge is -2.47. The average molecular weight is 271 g/mol. The van der Waals surface area contributed by atoms with Crippen molar-refractivity contribution in [2.75, 3.05) is 39.6 Å². The molecule has 0 aliphatic carbocycles. The molecule has 19 heavy (non-hydrogen) atoms. The smallest absolute Gasteiger partial charge is 0.0881 e. The summed E-state index contributed by atoms with van der Waals surface area (Å²) in [5.41, 5.74) is -0.0367. The van der Waals surface area contributed by atoms with Gasteiger partial charge in [-0.05, 0) is 32.2 Å². The summed E-state index contributed by atoms with van der Waals surface area (Å²) < 4.78 is 17.3. The normalized spacial score (nSPS) is 26.2. The van der Waals surface area contributed by atoms with Crippen molar-refractivity contribution >= 4 is 0 Å². The first kappa shape index (κ1) is 15.2. The molecule has 0 radical (unpaired) electrons. The molecule has 0 aromatic carbocycles. The number of nitrogens with one attached hydrogen (secondary N) is 1. The summed E-state index contributed by atoms with van der Waals surface area (Å²) in [4.78, 5) is 0. The van der Waals surface area contributed by atoms with Gasteiger partial charge in [-0.25, -0.2) is 0 Å². The summed E-state index contributed by atoms with van der Waals surface area (Å²) in [5, 5.41) is 3.71. The van der Waals surface area contributed by atoms with Gasteiger partial charge in [-0.3, -0.25) is 0 Å². The highest BCUT2D eigenvalue weighted by Crippen LogP contribution is 2.35. The molecule has 0 amide bonds. The maximum atomic E-state index is 6.26. The van der Waals surface area contributed by atoms with Crippen LogP contribution < -0.4 is 5.32 Å². The number of hydrogen-bond acceptors (Lipinski definition) is 4. The lowest BCUT2D eigenvalue weighted by atomic mass is 9.76.